The number of methoxy groups -OCH3 is 1. The lowest BCUT2D eigenvalue weighted by Crippen LogP contribution is -2.53. The summed E-state index contributed by atoms with van der Waals surface area (Å²) in [5, 5.41) is 3.45. The molecule has 0 amide bonds. The molecule has 0 bridgehead atoms. The minimum atomic E-state index is -0.416. The largest absolute Gasteiger partial charge is 0.469 e. The van der Waals surface area contributed by atoms with Crippen LogP contribution in [0.3, 0.4) is 0 Å². The zero-order valence-electron chi connectivity index (χ0n) is 22.0. The molecule has 1 aliphatic heterocycles. The molecular weight excluding hydrogens is 382 g/mol. The maximum Gasteiger partial charge on any atom is 0.312 e. The van der Waals surface area contributed by atoms with Crippen LogP contribution in [0.2, 0.25) is 0 Å². The highest BCUT2D eigenvalue weighted by atomic mass is 16.5. The summed E-state index contributed by atoms with van der Waals surface area (Å²) in [5.74, 6) is 0.904. The van der Waals surface area contributed by atoms with Crippen LogP contribution in [-0.2, 0) is 9.53 Å². The molecule has 0 aromatic carbocycles. The molecule has 1 fully saturated rings. The molecule has 0 aromatic heterocycles. The van der Waals surface area contributed by atoms with E-state index in [9.17, 15) is 4.79 Å². The Morgan fingerprint density at radius 2 is 1.32 bits per heavy atom. The van der Waals surface area contributed by atoms with Gasteiger partial charge in [0.1, 0.15) is 0 Å². The van der Waals surface area contributed by atoms with Crippen molar-refractivity contribution in [1.82, 2.24) is 5.32 Å². The van der Waals surface area contributed by atoms with Crippen LogP contribution in [0.5, 0.6) is 0 Å². The highest BCUT2D eigenvalue weighted by Crippen LogP contribution is 2.53. The van der Waals surface area contributed by atoms with Gasteiger partial charge in [0.2, 0.25) is 0 Å². The monoisotopic (exact) mass is 437 g/mol. The van der Waals surface area contributed by atoms with Crippen molar-refractivity contribution in [2.75, 3.05) is 20.2 Å². The van der Waals surface area contributed by atoms with Gasteiger partial charge in [-0.3, -0.25) is 4.79 Å². The Kier molecular flexibility index (Phi) is 14.0. The Bertz CT molecular complexity index is 470. The molecule has 1 aliphatic rings. The summed E-state index contributed by atoms with van der Waals surface area (Å²) in [7, 11) is 1.56. The fraction of sp³-hybridized carbons (Fsp3) is 0.964. The number of unbranched alkanes of at least 4 members (excludes halogenated alkanes) is 11. The average molecular weight is 438 g/mol. The van der Waals surface area contributed by atoms with Crippen molar-refractivity contribution in [3.63, 3.8) is 0 Å². The minimum Gasteiger partial charge on any atom is -0.469 e. The van der Waals surface area contributed by atoms with E-state index in [1.807, 2.05) is 0 Å². The third-order valence-electron chi connectivity index (χ3n) is 8.83. The van der Waals surface area contributed by atoms with Crippen molar-refractivity contribution in [1.29, 1.82) is 0 Å². The number of hydrogen-bond donors (Lipinski definition) is 1. The van der Waals surface area contributed by atoms with Gasteiger partial charge < -0.3 is 10.1 Å². The standard InChI is InChI=1S/C28H55NO2/c1-7-8-9-10-11-12-13-14-15-16-17-18-19-24(2)27(3,4)28(5,26(30)31-6)25-20-22-29-23-21-25/h24-25,29H,7-23H2,1-6H3. The Hall–Kier alpha value is -0.570. The molecule has 0 aliphatic carbocycles. The molecule has 2 atom stereocenters. The lowest BCUT2D eigenvalue weighted by Gasteiger charge is -2.51. The van der Waals surface area contributed by atoms with E-state index in [2.05, 4.69) is 39.9 Å². The van der Waals surface area contributed by atoms with Gasteiger partial charge in [0.25, 0.3) is 0 Å². The molecule has 31 heavy (non-hydrogen) atoms. The maximum absolute atomic E-state index is 13.0. The summed E-state index contributed by atoms with van der Waals surface area (Å²) in [6.45, 7) is 13.5. The second-order valence-corrected chi connectivity index (χ2v) is 11.0. The highest BCUT2D eigenvalue weighted by Gasteiger charge is 2.54. The Balaban J connectivity index is 2.35. The van der Waals surface area contributed by atoms with E-state index in [-0.39, 0.29) is 11.4 Å². The van der Waals surface area contributed by atoms with Crippen molar-refractivity contribution in [2.45, 2.75) is 131 Å². The van der Waals surface area contributed by atoms with Gasteiger partial charge in [0.15, 0.2) is 0 Å². The first-order valence-electron chi connectivity index (χ1n) is 13.6. The average Bonchev–Trinajstić information content (AvgIpc) is 2.78. The van der Waals surface area contributed by atoms with E-state index >= 15 is 0 Å². The van der Waals surface area contributed by atoms with E-state index in [1.54, 1.807) is 7.11 Å². The molecular formula is C28H55NO2. The van der Waals surface area contributed by atoms with Gasteiger partial charge in [-0.2, -0.15) is 0 Å². The molecule has 3 heteroatoms. The zero-order valence-corrected chi connectivity index (χ0v) is 22.0. The summed E-state index contributed by atoms with van der Waals surface area (Å²) in [4.78, 5) is 13.0. The molecule has 0 spiro atoms. The molecule has 1 heterocycles. The van der Waals surface area contributed by atoms with Gasteiger partial charge in [0, 0.05) is 0 Å². The van der Waals surface area contributed by atoms with E-state index in [4.69, 9.17) is 4.74 Å². The normalized spacial score (nSPS) is 18.5. The fourth-order valence-corrected chi connectivity index (χ4v) is 5.73. The Morgan fingerprint density at radius 3 is 1.77 bits per heavy atom. The van der Waals surface area contributed by atoms with E-state index < -0.39 is 5.41 Å². The van der Waals surface area contributed by atoms with E-state index in [0.717, 1.165) is 25.9 Å². The van der Waals surface area contributed by atoms with Gasteiger partial charge in [-0.25, -0.2) is 0 Å². The minimum absolute atomic E-state index is 0.00839. The molecule has 1 rings (SSSR count). The zero-order chi connectivity index (χ0) is 23.2. The first kappa shape index (κ1) is 28.5. The molecule has 3 nitrogen and oxygen atoms in total. The third-order valence-corrected chi connectivity index (χ3v) is 8.83. The predicted octanol–water partition coefficient (Wildman–Crippen LogP) is 7.92. The summed E-state index contributed by atoms with van der Waals surface area (Å²) in [5.41, 5.74) is -0.486. The molecule has 0 aromatic rings. The van der Waals surface area contributed by atoms with Crippen LogP contribution in [0.25, 0.3) is 0 Å². The molecule has 0 saturated carbocycles. The topological polar surface area (TPSA) is 38.3 Å². The molecule has 184 valence electrons. The Morgan fingerprint density at radius 1 is 0.871 bits per heavy atom. The van der Waals surface area contributed by atoms with Crippen molar-refractivity contribution in [2.24, 2.45) is 22.7 Å². The Labute approximate surface area is 194 Å². The van der Waals surface area contributed by atoms with Crippen molar-refractivity contribution in [3.05, 3.63) is 0 Å². The highest BCUT2D eigenvalue weighted by molar-refractivity contribution is 5.77. The van der Waals surface area contributed by atoms with Gasteiger partial charge in [-0.1, -0.05) is 111 Å². The lowest BCUT2D eigenvalue weighted by atomic mass is 9.53. The molecule has 1 N–H and O–H groups in total. The second kappa shape index (κ2) is 15.3. The lowest BCUT2D eigenvalue weighted by molar-refractivity contribution is -0.170. The van der Waals surface area contributed by atoms with Gasteiger partial charge in [0.05, 0.1) is 12.5 Å². The van der Waals surface area contributed by atoms with Gasteiger partial charge in [-0.15, -0.1) is 0 Å². The number of hydrogen-bond acceptors (Lipinski definition) is 3. The number of esters is 1. The maximum atomic E-state index is 13.0. The summed E-state index contributed by atoms with van der Waals surface area (Å²) < 4.78 is 5.36. The number of carbonyl (C=O) groups is 1. The molecule has 0 radical (unpaired) electrons. The van der Waals surface area contributed by atoms with Crippen LogP contribution in [0.15, 0.2) is 0 Å². The van der Waals surface area contributed by atoms with Crippen molar-refractivity contribution < 1.29 is 9.53 Å². The third kappa shape index (κ3) is 8.71. The quantitative estimate of drug-likeness (QED) is 0.185. The van der Waals surface area contributed by atoms with E-state index in [0.29, 0.717) is 11.8 Å². The number of rotatable bonds is 17. The second-order valence-electron chi connectivity index (χ2n) is 11.0. The number of carbonyl (C=O) groups excluding carboxylic acids is 1. The van der Waals surface area contributed by atoms with Crippen molar-refractivity contribution >= 4 is 5.97 Å². The molecule has 1 saturated heterocycles. The fourth-order valence-electron chi connectivity index (χ4n) is 5.73. The predicted molar refractivity (Wildman–Crippen MR) is 134 cm³/mol. The van der Waals surface area contributed by atoms with Crippen LogP contribution in [0, 0.1) is 22.7 Å². The SMILES string of the molecule is CCCCCCCCCCCCCCC(C)C(C)(C)C(C)(C(=O)OC)C1CCNCC1. The van der Waals surface area contributed by atoms with Gasteiger partial charge >= 0.3 is 5.97 Å². The van der Waals surface area contributed by atoms with E-state index in [1.165, 1.54) is 83.5 Å². The smallest absolute Gasteiger partial charge is 0.312 e. The number of nitrogens with one attached hydrogen (secondary N) is 1. The number of ether oxygens (including phenoxy) is 1. The van der Waals surface area contributed by atoms with Crippen LogP contribution < -0.4 is 5.32 Å². The molecule has 2 unspecified atom stereocenters. The summed E-state index contributed by atoms with van der Waals surface area (Å²) >= 11 is 0. The van der Waals surface area contributed by atoms with Crippen LogP contribution in [0.1, 0.15) is 131 Å². The number of piperidine rings is 1. The van der Waals surface area contributed by atoms with Crippen LogP contribution in [0.4, 0.5) is 0 Å². The van der Waals surface area contributed by atoms with Crippen LogP contribution in [-0.4, -0.2) is 26.2 Å². The summed E-state index contributed by atoms with van der Waals surface area (Å²) in [6, 6.07) is 0. The van der Waals surface area contributed by atoms with Gasteiger partial charge in [-0.05, 0) is 50.1 Å². The van der Waals surface area contributed by atoms with Crippen molar-refractivity contribution in [3.8, 4) is 0 Å². The van der Waals surface area contributed by atoms with Crippen LogP contribution >= 0.6 is 0 Å². The first-order valence-corrected chi connectivity index (χ1v) is 13.6. The first-order chi connectivity index (χ1) is 14.8. The summed E-state index contributed by atoms with van der Waals surface area (Å²) in [6.07, 6.45) is 20.0.